The third kappa shape index (κ3) is 3.35. The summed E-state index contributed by atoms with van der Waals surface area (Å²) < 4.78 is 10.7. The van der Waals surface area contributed by atoms with Gasteiger partial charge < -0.3 is 19.7 Å². The number of amides is 1. The van der Waals surface area contributed by atoms with E-state index in [9.17, 15) is 4.79 Å². The second kappa shape index (κ2) is 7.09. The molecule has 1 N–H and O–H groups in total. The van der Waals surface area contributed by atoms with Gasteiger partial charge in [-0.05, 0) is 48.7 Å². The van der Waals surface area contributed by atoms with Crippen molar-refractivity contribution >= 4 is 17.5 Å². The van der Waals surface area contributed by atoms with Crippen molar-refractivity contribution < 1.29 is 14.3 Å². The van der Waals surface area contributed by atoms with Crippen LogP contribution in [0, 0.1) is 6.92 Å². The van der Waals surface area contributed by atoms with Crippen LogP contribution in [-0.4, -0.2) is 29.2 Å². The first-order chi connectivity index (χ1) is 14.2. The highest BCUT2D eigenvalue weighted by molar-refractivity contribution is 5.92. The van der Waals surface area contributed by atoms with Crippen LogP contribution in [0.4, 0.5) is 11.6 Å². The van der Waals surface area contributed by atoms with Crippen molar-refractivity contribution in [3.05, 3.63) is 71.0 Å². The molecule has 2 aromatic carbocycles. The Labute approximate surface area is 168 Å². The van der Waals surface area contributed by atoms with E-state index >= 15 is 0 Å². The monoisotopic (exact) mass is 388 g/mol. The molecule has 5 rings (SSSR count). The van der Waals surface area contributed by atoms with Gasteiger partial charge in [0.25, 0.3) is 5.91 Å². The van der Waals surface area contributed by atoms with Crippen molar-refractivity contribution in [1.29, 1.82) is 0 Å². The van der Waals surface area contributed by atoms with Gasteiger partial charge >= 0.3 is 0 Å². The number of benzene rings is 2. The molecule has 146 valence electrons. The predicted molar refractivity (Wildman–Crippen MR) is 108 cm³/mol. The number of rotatable bonds is 4. The lowest BCUT2D eigenvalue weighted by Crippen LogP contribution is -2.25. The summed E-state index contributed by atoms with van der Waals surface area (Å²) in [5, 5.41) is 2.93. The van der Waals surface area contributed by atoms with Gasteiger partial charge in [0, 0.05) is 24.5 Å². The number of ether oxygens (including phenoxy) is 2. The second-order valence-corrected chi connectivity index (χ2v) is 7.10. The standard InChI is InChI=1S/C22H20N4O3/c1-14-10-17(21(27)23-12-15-6-7-19-20(11-15)29-13-28-19)25-22(24-14)26-9-8-16-4-2-3-5-18(16)26/h2-7,10-11H,8-9,12-13H2,1H3,(H,23,27). The lowest BCUT2D eigenvalue weighted by Gasteiger charge is -2.18. The summed E-state index contributed by atoms with van der Waals surface area (Å²) in [6, 6.07) is 15.6. The van der Waals surface area contributed by atoms with Crippen LogP contribution in [0.5, 0.6) is 11.5 Å². The molecule has 1 aromatic heterocycles. The molecule has 29 heavy (non-hydrogen) atoms. The van der Waals surface area contributed by atoms with Gasteiger partial charge in [-0.2, -0.15) is 0 Å². The smallest absolute Gasteiger partial charge is 0.270 e. The third-order valence-corrected chi connectivity index (χ3v) is 5.09. The Balaban J connectivity index is 1.34. The van der Waals surface area contributed by atoms with Crippen LogP contribution in [0.25, 0.3) is 0 Å². The van der Waals surface area contributed by atoms with E-state index in [1.54, 1.807) is 6.07 Å². The average molecular weight is 388 g/mol. The fourth-order valence-corrected chi connectivity index (χ4v) is 3.66. The summed E-state index contributed by atoms with van der Waals surface area (Å²) in [6.45, 7) is 3.29. The lowest BCUT2D eigenvalue weighted by atomic mass is 10.2. The van der Waals surface area contributed by atoms with Gasteiger partial charge in [-0.3, -0.25) is 4.79 Å². The number of fused-ring (bicyclic) bond motifs is 2. The Kier molecular flexibility index (Phi) is 4.27. The SMILES string of the molecule is Cc1cc(C(=O)NCc2ccc3c(c2)OCO3)nc(N2CCc3ccccc32)n1. The van der Waals surface area contributed by atoms with Gasteiger partial charge in [-0.15, -0.1) is 0 Å². The van der Waals surface area contributed by atoms with Crippen LogP contribution < -0.4 is 19.7 Å². The molecule has 0 saturated heterocycles. The summed E-state index contributed by atoms with van der Waals surface area (Å²) in [7, 11) is 0. The molecule has 0 saturated carbocycles. The van der Waals surface area contributed by atoms with Crippen LogP contribution in [0.1, 0.15) is 27.3 Å². The maximum absolute atomic E-state index is 12.7. The van der Waals surface area contributed by atoms with Crippen LogP contribution in [-0.2, 0) is 13.0 Å². The van der Waals surface area contributed by atoms with Crippen molar-refractivity contribution in [2.45, 2.75) is 19.9 Å². The Hall–Kier alpha value is -3.61. The van der Waals surface area contributed by atoms with Crippen molar-refractivity contribution in [3.63, 3.8) is 0 Å². The number of nitrogens with one attached hydrogen (secondary N) is 1. The van der Waals surface area contributed by atoms with Crippen LogP contribution in [0.15, 0.2) is 48.5 Å². The van der Waals surface area contributed by atoms with Crippen LogP contribution >= 0.6 is 0 Å². The average Bonchev–Trinajstić information content (AvgIpc) is 3.38. The second-order valence-electron chi connectivity index (χ2n) is 7.10. The first kappa shape index (κ1) is 17.5. The summed E-state index contributed by atoms with van der Waals surface area (Å²) in [4.78, 5) is 23.9. The van der Waals surface area contributed by atoms with Gasteiger partial charge in [0.1, 0.15) is 5.69 Å². The molecule has 0 bridgehead atoms. The highest BCUT2D eigenvalue weighted by Crippen LogP contribution is 2.33. The molecule has 3 aromatic rings. The van der Waals surface area contributed by atoms with Gasteiger partial charge in [0.05, 0.1) is 0 Å². The van der Waals surface area contributed by atoms with Crippen LogP contribution in [0.3, 0.4) is 0 Å². The number of carbonyl (C=O) groups is 1. The first-order valence-corrected chi connectivity index (χ1v) is 9.55. The number of carbonyl (C=O) groups excluding carboxylic acids is 1. The zero-order valence-corrected chi connectivity index (χ0v) is 16.0. The molecule has 0 atom stereocenters. The van der Waals surface area contributed by atoms with Crippen molar-refractivity contribution in [3.8, 4) is 11.5 Å². The normalized spacial score (nSPS) is 14.0. The summed E-state index contributed by atoms with van der Waals surface area (Å²) >= 11 is 0. The van der Waals surface area contributed by atoms with E-state index in [-0.39, 0.29) is 12.7 Å². The van der Waals surface area contributed by atoms with E-state index in [2.05, 4.69) is 32.3 Å². The van der Waals surface area contributed by atoms with Gasteiger partial charge in [0.15, 0.2) is 11.5 Å². The minimum Gasteiger partial charge on any atom is -0.454 e. The molecular formula is C22H20N4O3. The molecule has 0 aliphatic carbocycles. The first-order valence-electron chi connectivity index (χ1n) is 9.55. The van der Waals surface area contributed by atoms with Gasteiger partial charge in [-0.25, -0.2) is 9.97 Å². The van der Waals surface area contributed by atoms with Crippen molar-refractivity contribution in [2.75, 3.05) is 18.2 Å². The fraction of sp³-hybridized carbons (Fsp3) is 0.227. The summed E-state index contributed by atoms with van der Waals surface area (Å²) in [5.74, 6) is 1.75. The summed E-state index contributed by atoms with van der Waals surface area (Å²) in [5.41, 5.74) is 4.42. The molecular weight excluding hydrogens is 368 g/mol. The number of aryl methyl sites for hydroxylation is 1. The number of nitrogens with zero attached hydrogens (tertiary/aromatic N) is 3. The number of para-hydroxylation sites is 1. The molecule has 0 unspecified atom stereocenters. The molecule has 7 nitrogen and oxygen atoms in total. The van der Waals surface area contributed by atoms with E-state index in [0.717, 1.165) is 35.7 Å². The van der Waals surface area contributed by atoms with Crippen LogP contribution in [0.2, 0.25) is 0 Å². The van der Waals surface area contributed by atoms with Crippen molar-refractivity contribution in [1.82, 2.24) is 15.3 Å². The molecule has 1 amide bonds. The predicted octanol–water partition coefficient (Wildman–Crippen LogP) is 3.14. The van der Waals surface area contributed by atoms with Gasteiger partial charge in [-0.1, -0.05) is 24.3 Å². The Morgan fingerprint density at radius 1 is 1.10 bits per heavy atom. The van der Waals surface area contributed by atoms with E-state index in [1.807, 2.05) is 37.3 Å². The minimum atomic E-state index is -0.234. The number of anilines is 2. The van der Waals surface area contributed by atoms with Crippen molar-refractivity contribution in [2.24, 2.45) is 0 Å². The molecule has 0 fully saturated rings. The number of hydrogen-bond donors (Lipinski definition) is 1. The third-order valence-electron chi connectivity index (χ3n) is 5.09. The van der Waals surface area contributed by atoms with E-state index < -0.39 is 0 Å². The largest absolute Gasteiger partial charge is 0.454 e. The van der Waals surface area contributed by atoms with Gasteiger partial charge in [0.2, 0.25) is 12.7 Å². The number of aromatic nitrogens is 2. The molecule has 0 radical (unpaired) electrons. The highest BCUT2D eigenvalue weighted by Gasteiger charge is 2.23. The Morgan fingerprint density at radius 2 is 1.97 bits per heavy atom. The number of hydrogen-bond acceptors (Lipinski definition) is 6. The minimum absolute atomic E-state index is 0.230. The zero-order valence-electron chi connectivity index (χ0n) is 16.0. The Morgan fingerprint density at radius 3 is 2.90 bits per heavy atom. The molecule has 3 heterocycles. The maximum atomic E-state index is 12.7. The van der Waals surface area contributed by atoms with E-state index in [1.165, 1.54) is 5.56 Å². The summed E-state index contributed by atoms with van der Waals surface area (Å²) in [6.07, 6.45) is 0.944. The maximum Gasteiger partial charge on any atom is 0.270 e. The molecule has 7 heteroatoms. The zero-order chi connectivity index (χ0) is 19.8. The fourth-order valence-electron chi connectivity index (χ4n) is 3.66. The quantitative estimate of drug-likeness (QED) is 0.740. The molecule has 2 aliphatic rings. The molecule has 2 aliphatic heterocycles. The Bertz CT molecular complexity index is 1100. The highest BCUT2D eigenvalue weighted by atomic mass is 16.7. The topological polar surface area (TPSA) is 76.6 Å². The van der Waals surface area contributed by atoms with E-state index in [0.29, 0.717) is 23.9 Å². The van der Waals surface area contributed by atoms with E-state index in [4.69, 9.17) is 9.47 Å². The molecule has 0 spiro atoms. The lowest BCUT2D eigenvalue weighted by molar-refractivity contribution is 0.0945.